The Morgan fingerprint density at radius 2 is 2.00 bits per heavy atom. The molecule has 0 radical (unpaired) electrons. The summed E-state index contributed by atoms with van der Waals surface area (Å²) in [6.07, 6.45) is 2.62. The Hall–Kier alpha value is -1.31. The number of ether oxygens (including phenoxy) is 1. The van der Waals surface area contributed by atoms with Crippen LogP contribution in [-0.4, -0.2) is 12.6 Å². The maximum atomic E-state index is 11.5. The van der Waals surface area contributed by atoms with Crippen molar-refractivity contribution in [3.63, 3.8) is 0 Å². The molecule has 1 unspecified atom stereocenters. The Morgan fingerprint density at radius 3 is 2.62 bits per heavy atom. The SMILES string of the molecule is CCCC(C)COC(=O)Cc1ccccc1. The van der Waals surface area contributed by atoms with Crippen LogP contribution in [0.2, 0.25) is 0 Å². The summed E-state index contributed by atoms with van der Waals surface area (Å²) < 4.78 is 5.22. The van der Waals surface area contributed by atoms with Gasteiger partial charge in [-0.1, -0.05) is 50.6 Å². The summed E-state index contributed by atoms with van der Waals surface area (Å²) in [7, 11) is 0. The lowest BCUT2D eigenvalue weighted by atomic mass is 10.1. The van der Waals surface area contributed by atoms with Crippen LogP contribution < -0.4 is 0 Å². The van der Waals surface area contributed by atoms with E-state index < -0.39 is 0 Å². The lowest BCUT2D eigenvalue weighted by molar-refractivity contribution is -0.144. The van der Waals surface area contributed by atoms with E-state index in [1.165, 1.54) is 0 Å². The van der Waals surface area contributed by atoms with Gasteiger partial charge in [0.15, 0.2) is 0 Å². The maximum Gasteiger partial charge on any atom is 0.310 e. The van der Waals surface area contributed by atoms with Crippen molar-refractivity contribution in [2.75, 3.05) is 6.61 Å². The van der Waals surface area contributed by atoms with Crippen molar-refractivity contribution in [2.24, 2.45) is 5.92 Å². The highest BCUT2D eigenvalue weighted by Crippen LogP contribution is 2.06. The molecule has 0 fully saturated rings. The minimum absolute atomic E-state index is 0.130. The topological polar surface area (TPSA) is 26.3 Å². The molecule has 16 heavy (non-hydrogen) atoms. The fourth-order valence-corrected chi connectivity index (χ4v) is 1.62. The van der Waals surface area contributed by atoms with Gasteiger partial charge in [-0.2, -0.15) is 0 Å². The number of esters is 1. The van der Waals surface area contributed by atoms with Crippen molar-refractivity contribution in [1.82, 2.24) is 0 Å². The predicted octanol–water partition coefficient (Wildman–Crippen LogP) is 3.21. The van der Waals surface area contributed by atoms with Gasteiger partial charge >= 0.3 is 5.97 Å². The summed E-state index contributed by atoms with van der Waals surface area (Å²) in [6.45, 7) is 4.79. The van der Waals surface area contributed by atoms with E-state index in [1.807, 2.05) is 30.3 Å². The van der Waals surface area contributed by atoms with Crippen LogP contribution in [0.15, 0.2) is 30.3 Å². The van der Waals surface area contributed by atoms with Gasteiger partial charge in [-0.3, -0.25) is 4.79 Å². The number of carbonyl (C=O) groups is 1. The Labute approximate surface area is 97.6 Å². The van der Waals surface area contributed by atoms with Crippen LogP contribution in [0, 0.1) is 5.92 Å². The van der Waals surface area contributed by atoms with Gasteiger partial charge in [0.1, 0.15) is 0 Å². The fraction of sp³-hybridized carbons (Fsp3) is 0.500. The molecule has 88 valence electrons. The minimum atomic E-state index is -0.130. The van der Waals surface area contributed by atoms with Crippen LogP contribution in [0.4, 0.5) is 0 Å². The number of carbonyl (C=O) groups excluding carboxylic acids is 1. The maximum absolute atomic E-state index is 11.5. The average Bonchev–Trinajstić information content (AvgIpc) is 2.28. The zero-order valence-electron chi connectivity index (χ0n) is 10.1. The van der Waals surface area contributed by atoms with Gasteiger partial charge in [0, 0.05) is 0 Å². The van der Waals surface area contributed by atoms with E-state index in [2.05, 4.69) is 13.8 Å². The Balaban J connectivity index is 2.26. The number of benzene rings is 1. The van der Waals surface area contributed by atoms with E-state index in [4.69, 9.17) is 4.74 Å². The monoisotopic (exact) mass is 220 g/mol. The van der Waals surface area contributed by atoms with Gasteiger partial charge in [0.25, 0.3) is 0 Å². The van der Waals surface area contributed by atoms with E-state index >= 15 is 0 Å². The Bertz CT molecular complexity index is 306. The Morgan fingerprint density at radius 1 is 1.31 bits per heavy atom. The first-order chi connectivity index (χ1) is 7.72. The first kappa shape index (κ1) is 12.8. The fourth-order valence-electron chi connectivity index (χ4n) is 1.62. The predicted molar refractivity (Wildman–Crippen MR) is 65.2 cm³/mol. The standard InChI is InChI=1S/C14H20O2/c1-3-7-12(2)11-16-14(15)10-13-8-5-4-6-9-13/h4-6,8-9,12H,3,7,10-11H2,1-2H3. The summed E-state index contributed by atoms with van der Waals surface area (Å²) >= 11 is 0. The molecule has 2 heteroatoms. The molecule has 2 nitrogen and oxygen atoms in total. The minimum Gasteiger partial charge on any atom is -0.465 e. The molecular formula is C14H20O2. The van der Waals surface area contributed by atoms with E-state index in [1.54, 1.807) is 0 Å². The van der Waals surface area contributed by atoms with E-state index in [0.29, 0.717) is 18.9 Å². The molecule has 0 N–H and O–H groups in total. The summed E-state index contributed by atoms with van der Waals surface area (Å²) in [5.74, 6) is 0.332. The Kier molecular flexibility index (Phi) is 5.62. The smallest absolute Gasteiger partial charge is 0.310 e. The van der Waals surface area contributed by atoms with Crippen LogP contribution >= 0.6 is 0 Å². The molecule has 1 atom stereocenters. The van der Waals surface area contributed by atoms with Gasteiger partial charge in [0.2, 0.25) is 0 Å². The summed E-state index contributed by atoms with van der Waals surface area (Å²) in [6, 6.07) is 9.69. The summed E-state index contributed by atoms with van der Waals surface area (Å²) in [5.41, 5.74) is 1.01. The van der Waals surface area contributed by atoms with Gasteiger partial charge < -0.3 is 4.74 Å². The third kappa shape index (κ3) is 4.96. The highest BCUT2D eigenvalue weighted by Gasteiger charge is 2.07. The highest BCUT2D eigenvalue weighted by atomic mass is 16.5. The molecule has 1 aromatic carbocycles. The van der Waals surface area contributed by atoms with Gasteiger partial charge in [-0.25, -0.2) is 0 Å². The van der Waals surface area contributed by atoms with Crippen molar-refractivity contribution in [2.45, 2.75) is 33.1 Å². The van der Waals surface area contributed by atoms with Crippen LogP contribution in [-0.2, 0) is 16.0 Å². The van der Waals surface area contributed by atoms with E-state index in [-0.39, 0.29) is 5.97 Å². The zero-order chi connectivity index (χ0) is 11.8. The lowest BCUT2D eigenvalue weighted by Gasteiger charge is -2.10. The van der Waals surface area contributed by atoms with Gasteiger partial charge in [-0.15, -0.1) is 0 Å². The third-order valence-corrected chi connectivity index (χ3v) is 2.50. The molecule has 0 aliphatic rings. The second kappa shape index (κ2) is 7.04. The quantitative estimate of drug-likeness (QED) is 0.688. The molecule has 0 aliphatic heterocycles. The molecule has 0 bridgehead atoms. The molecule has 0 amide bonds. The van der Waals surface area contributed by atoms with Crippen LogP contribution in [0.5, 0.6) is 0 Å². The average molecular weight is 220 g/mol. The van der Waals surface area contributed by atoms with Gasteiger partial charge in [0.05, 0.1) is 13.0 Å². The van der Waals surface area contributed by atoms with Crippen LogP contribution in [0.3, 0.4) is 0 Å². The normalized spacial score (nSPS) is 12.1. The molecule has 0 aromatic heterocycles. The molecule has 0 saturated carbocycles. The van der Waals surface area contributed by atoms with Crippen molar-refractivity contribution < 1.29 is 9.53 Å². The lowest BCUT2D eigenvalue weighted by Crippen LogP contribution is -2.13. The van der Waals surface area contributed by atoms with Crippen molar-refractivity contribution in [3.8, 4) is 0 Å². The van der Waals surface area contributed by atoms with Crippen molar-refractivity contribution in [1.29, 1.82) is 0 Å². The summed E-state index contributed by atoms with van der Waals surface area (Å²) in [4.78, 5) is 11.5. The molecule has 0 saturated heterocycles. The van der Waals surface area contributed by atoms with Gasteiger partial charge in [-0.05, 0) is 17.9 Å². The molecule has 0 heterocycles. The van der Waals surface area contributed by atoms with E-state index in [9.17, 15) is 4.79 Å². The molecule has 0 spiro atoms. The number of rotatable bonds is 6. The van der Waals surface area contributed by atoms with Crippen LogP contribution in [0.25, 0.3) is 0 Å². The second-order valence-electron chi connectivity index (χ2n) is 4.24. The van der Waals surface area contributed by atoms with Crippen LogP contribution in [0.1, 0.15) is 32.3 Å². The highest BCUT2D eigenvalue weighted by molar-refractivity contribution is 5.72. The molecular weight excluding hydrogens is 200 g/mol. The molecule has 0 aliphatic carbocycles. The molecule has 1 aromatic rings. The first-order valence-electron chi connectivity index (χ1n) is 5.92. The molecule has 1 rings (SSSR count). The first-order valence-corrected chi connectivity index (χ1v) is 5.92. The largest absolute Gasteiger partial charge is 0.465 e. The van der Waals surface area contributed by atoms with Crippen molar-refractivity contribution >= 4 is 5.97 Å². The van der Waals surface area contributed by atoms with E-state index in [0.717, 1.165) is 18.4 Å². The van der Waals surface area contributed by atoms with Crippen molar-refractivity contribution in [3.05, 3.63) is 35.9 Å². The number of hydrogen-bond donors (Lipinski definition) is 0. The second-order valence-corrected chi connectivity index (χ2v) is 4.24. The zero-order valence-corrected chi connectivity index (χ0v) is 10.1. The number of hydrogen-bond acceptors (Lipinski definition) is 2. The summed E-state index contributed by atoms with van der Waals surface area (Å²) in [5, 5.41) is 0. The third-order valence-electron chi connectivity index (χ3n) is 2.50.